The summed E-state index contributed by atoms with van der Waals surface area (Å²) in [6.07, 6.45) is 3.46. The van der Waals surface area contributed by atoms with Gasteiger partial charge < -0.3 is 14.2 Å². The Balaban J connectivity index is 0.00000261. The zero-order valence-electron chi connectivity index (χ0n) is 16.0. The first-order valence-corrected chi connectivity index (χ1v) is 9.06. The van der Waals surface area contributed by atoms with E-state index in [1.54, 1.807) is 6.07 Å². The lowest BCUT2D eigenvalue weighted by atomic mass is 10.0. The van der Waals surface area contributed by atoms with Crippen LogP contribution in [0.15, 0.2) is 22.9 Å². The van der Waals surface area contributed by atoms with Crippen molar-refractivity contribution in [2.45, 2.75) is 38.6 Å². The third kappa shape index (κ3) is 5.77. The minimum atomic E-state index is -0.523. The molecule has 1 fully saturated rings. The molecule has 9 heteroatoms. The van der Waals surface area contributed by atoms with Gasteiger partial charge in [-0.3, -0.25) is 4.90 Å². The van der Waals surface area contributed by atoms with Gasteiger partial charge >= 0.3 is 6.01 Å². The fraction of sp³-hybridized carbons (Fsp3) is 0.611. The minimum absolute atomic E-state index is 0. The van der Waals surface area contributed by atoms with E-state index in [0.717, 1.165) is 38.3 Å². The van der Waals surface area contributed by atoms with Crippen molar-refractivity contribution < 1.29 is 13.7 Å². The number of likely N-dealkylation sites (N-methyl/N-ethyl adjacent to an activating group) is 1. The molecule has 0 amide bonds. The van der Waals surface area contributed by atoms with E-state index in [-0.39, 0.29) is 18.3 Å². The molecule has 3 heterocycles. The molecule has 3 rings (SSSR count). The summed E-state index contributed by atoms with van der Waals surface area (Å²) in [7, 11) is 2.10. The second-order valence-corrected chi connectivity index (χ2v) is 6.95. The number of nitrogens with zero attached hydrogens (tertiary/aromatic N) is 5. The first kappa shape index (κ1) is 21.4. The van der Waals surface area contributed by atoms with E-state index >= 15 is 0 Å². The highest BCUT2D eigenvalue weighted by Gasteiger charge is 2.25. The van der Waals surface area contributed by atoms with Crippen molar-refractivity contribution in [2.24, 2.45) is 0 Å². The highest BCUT2D eigenvalue weighted by Crippen LogP contribution is 2.22. The van der Waals surface area contributed by atoms with Crippen molar-refractivity contribution in [2.75, 3.05) is 38.2 Å². The molecule has 0 atom stereocenters. The van der Waals surface area contributed by atoms with Crippen molar-refractivity contribution in [3.05, 3.63) is 30.1 Å². The number of rotatable bonds is 7. The van der Waals surface area contributed by atoms with Gasteiger partial charge in [0.25, 0.3) is 0 Å². The largest absolute Gasteiger partial charge is 0.492 e. The summed E-state index contributed by atoms with van der Waals surface area (Å²) >= 11 is 0. The van der Waals surface area contributed by atoms with Crippen LogP contribution in [0.2, 0.25) is 0 Å². The SMILES string of the molecule is CC(C)c1noc(N2CCC(N(C)CCOc3ccnc(F)c3)CC2)n1.Cl. The molecular weight excluding hydrogens is 373 g/mol. The number of pyridine rings is 1. The monoisotopic (exact) mass is 399 g/mol. The van der Waals surface area contributed by atoms with Crippen molar-refractivity contribution in [3.8, 4) is 5.75 Å². The van der Waals surface area contributed by atoms with E-state index in [9.17, 15) is 4.39 Å². The van der Waals surface area contributed by atoms with Gasteiger partial charge in [0.05, 0.1) is 0 Å². The third-order valence-electron chi connectivity index (χ3n) is 4.72. The zero-order valence-corrected chi connectivity index (χ0v) is 16.8. The quantitative estimate of drug-likeness (QED) is 0.662. The Morgan fingerprint density at radius 1 is 1.37 bits per heavy atom. The maximum atomic E-state index is 13.0. The molecule has 0 bridgehead atoms. The van der Waals surface area contributed by atoms with E-state index in [0.29, 0.717) is 24.4 Å². The zero-order chi connectivity index (χ0) is 18.5. The summed E-state index contributed by atoms with van der Waals surface area (Å²) < 4.78 is 24.0. The van der Waals surface area contributed by atoms with Crippen molar-refractivity contribution in [3.63, 3.8) is 0 Å². The predicted octanol–water partition coefficient (Wildman–Crippen LogP) is 3.13. The Labute approximate surface area is 165 Å². The number of anilines is 1. The van der Waals surface area contributed by atoms with E-state index in [4.69, 9.17) is 9.26 Å². The van der Waals surface area contributed by atoms with Crippen LogP contribution in [0.25, 0.3) is 0 Å². The van der Waals surface area contributed by atoms with E-state index < -0.39 is 5.95 Å². The molecule has 1 saturated heterocycles. The lowest BCUT2D eigenvalue weighted by molar-refractivity contribution is 0.168. The molecule has 2 aromatic heterocycles. The molecule has 1 aliphatic rings. The summed E-state index contributed by atoms with van der Waals surface area (Å²) in [5, 5.41) is 4.03. The molecule has 0 unspecified atom stereocenters. The minimum Gasteiger partial charge on any atom is -0.492 e. The molecule has 7 nitrogen and oxygen atoms in total. The van der Waals surface area contributed by atoms with Crippen LogP contribution < -0.4 is 9.64 Å². The van der Waals surface area contributed by atoms with Crippen LogP contribution in [0.5, 0.6) is 5.75 Å². The van der Waals surface area contributed by atoms with Crippen molar-refractivity contribution >= 4 is 18.4 Å². The first-order valence-electron chi connectivity index (χ1n) is 9.06. The molecule has 150 valence electrons. The average molecular weight is 400 g/mol. The molecule has 0 aromatic carbocycles. The maximum Gasteiger partial charge on any atom is 0.324 e. The topological polar surface area (TPSA) is 67.5 Å². The van der Waals surface area contributed by atoms with E-state index in [1.807, 2.05) is 0 Å². The van der Waals surface area contributed by atoms with Crippen LogP contribution in [0.1, 0.15) is 38.4 Å². The normalized spacial score (nSPS) is 15.3. The fourth-order valence-electron chi connectivity index (χ4n) is 3.05. The number of halogens is 2. The van der Waals surface area contributed by atoms with Crippen LogP contribution in [0.4, 0.5) is 10.4 Å². The number of ether oxygens (including phenoxy) is 1. The van der Waals surface area contributed by atoms with Crippen LogP contribution >= 0.6 is 12.4 Å². The van der Waals surface area contributed by atoms with E-state index in [1.165, 1.54) is 12.3 Å². The Kier molecular flexibility index (Phi) is 7.79. The molecule has 0 radical (unpaired) electrons. The lowest BCUT2D eigenvalue weighted by Crippen LogP contribution is -2.44. The van der Waals surface area contributed by atoms with Crippen LogP contribution in [-0.2, 0) is 0 Å². The number of hydrogen-bond donors (Lipinski definition) is 0. The molecule has 2 aromatic rings. The van der Waals surface area contributed by atoms with Gasteiger partial charge in [0.15, 0.2) is 5.82 Å². The van der Waals surface area contributed by atoms with Gasteiger partial charge in [-0.2, -0.15) is 9.37 Å². The molecule has 0 aliphatic carbocycles. The highest BCUT2D eigenvalue weighted by atomic mass is 35.5. The Bertz CT molecular complexity index is 707. The average Bonchev–Trinajstić information content (AvgIpc) is 3.12. The molecule has 0 spiro atoms. The highest BCUT2D eigenvalue weighted by molar-refractivity contribution is 5.85. The number of hydrogen-bond acceptors (Lipinski definition) is 7. The summed E-state index contributed by atoms with van der Waals surface area (Å²) in [5.41, 5.74) is 0. The summed E-state index contributed by atoms with van der Waals surface area (Å²) in [4.78, 5) is 12.4. The van der Waals surface area contributed by atoms with Crippen molar-refractivity contribution in [1.82, 2.24) is 20.0 Å². The maximum absolute atomic E-state index is 13.0. The van der Waals surface area contributed by atoms with Gasteiger partial charge in [0.1, 0.15) is 12.4 Å². The molecule has 0 N–H and O–H groups in total. The van der Waals surface area contributed by atoms with Crippen LogP contribution in [0, 0.1) is 5.95 Å². The number of aromatic nitrogens is 3. The third-order valence-corrected chi connectivity index (χ3v) is 4.72. The summed E-state index contributed by atoms with van der Waals surface area (Å²) in [5.74, 6) is 1.01. The second-order valence-electron chi connectivity index (χ2n) is 6.95. The van der Waals surface area contributed by atoms with Gasteiger partial charge in [-0.05, 0) is 26.0 Å². The molecule has 27 heavy (non-hydrogen) atoms. The Morgan fingerprint density at radius 2 is 2.11 bits per heavy atom. The van der Waals surface area contributed by atoms with E-state index in [2.05, 4.69) is 45.8 Å². The first-order chi connectivity index (χ1) is 12.5. The molecule has 1 aliphatic heterocycles. The Morgan fingerprint density at radius 3 is 2.74 bits per heavy atom. The smallest absolute Gasteiger partial charge is 0.324 e. The van der Waals surface area contributed by atoms with Gasteiger partial charge in [-0.1, -0.05) is 19.0 Å². The fourth-order valence-corrected chi connectivity index (χ4v) is 3.05. The van der Waals surface area contributed by atoms with Gasteiger partial charge in [0.2, 0.25) is 5.95 Å². The van der Waals surface area contributed by atoms with Gasteiger partial charge in [0, 0.05) is 43.9 Å². The van der Waals surface area contributed by atoms with Crippen molar-refractivity contribution in [1.29, 1.82) is 0 Å². The van der Waals surface area contributed by atoms with Crippen LogP contribution in [0.3, 0.4) is 0 Å². The summed E-state index contributed by atoms with van der Waals surface area (Å²) in [6, 6.07) is 4.07. The number of piperidine rings is 1. The lowest BCUT2D eigenvalue weighted by Gasteiger charge is -2.35. The molecular formula is C18H27ClFN5O2. The molecule has 0 saturated carbocycles. The standard InChI is InChI=1S/C18H26FN5O2.ClH/c1-13(2)17-21-18(26-22-17)24-8-5-14(6-9-24)23(3)10-11-25-15-4-7-20-16(19)12-15;/h4,7,12-14H,5-6,8-11H2,1-3H3;1H. The predicted molar refractivity (Wildman–Crippen MR) is 103 cm³/mol. The van der Waals surface area contributed by atoms with Gasteiger partial charge in [-0.15, -0.1) is 12.4 Å². The second kappa shape index (κ2) is 9.85. The Hall–Kier alpha value is -1.93. The van der Waals surface area contributed by atoms with Crippen LogP contribution in [-0.4, -0.2) is 59.4 Å². The van der Waals surface area contributed by atoms with Gasteiger partial charge in [-0.25, -0.2) is 4.98 Å². The summed E-state index contributed by atoms with van der Waals surface area (Å²) in [6.45, 7) is 7.20.